The summed E-state index contributed by atoms with van der Waals surface area (Å²) in [5.41, 5.74) is 5.17. The first kappa shape index (κ1) is 23.1. The Morgan fingerprint density at radius 2 is 1.74 bits per heavy atom. The Morgan fingerprint density at radius 1 is 1.03 bits per heavy atom. The summed E-state index contributed by atoms with van der Waals surface area (Å²) in [6, 6.07) is 18.8. The van der Waals surface area contributed by atoms with Gasteiger partial charge in [0.2, 0.25) is 0 Å². The smallest absolute Gasteiger partial charge is 0.257 e. The number of para-hydroxylation sites is 1. The highest BCUT2D eigenvalue weighted by Gasteiger charge is 2.28. The average Bonchev–Trinajstić information content (AvgIpc) is 3.51. The van der Waals surface area contributed by atoms with E-state index < -0.39 is 0 Å². The van der Waals surface area contributed by atoms with Crippen LogP contribution in [0.5, 0.6) is 0 Å². The number of hydrogen-bond acceptors (Lipinski definition) is 3. The van der Waals surface area contributed by atoms with Crippen molar-refractivity contribution in [2.24, 2.45) is 0 Å². The molecule has 0 radical (unpaired) electrons. The number of rotatable bonds is 6. The molecule has 180 valence electrons. The molecule has 35 heavy (non-hydrogen) atoms. The van der Waals surface area contributed by atoms with Crippen LogP contribution >= 0.6 is 0 Å². The maximum atomic E-state index is 13.3. The molecule has 1 aliphatic rings. The molecule has 0 N–H and O–H groups in total. The van der Waals surface area contributed by atoms with Gasteiger partial charge >= 0.3 is 0 Å². The summed E-state index contributed by atoms with van der Waals surface area (Å²) >= 11 is 0. The third kappa shape index (κ3) is 4.78. The summed E-state index contributed by atoms with van der Waals surface area (Å²) in [7, 11) is 0. The normalized spacial score (nSPS) is 14.6. The molecule has 6 nitrogen and oxygen atoms in total. The van der Waals surface area contributed by atoms with Crippen LogP contribution in [-0.4, -0.2) is 43.2 Å². The van der Waals surface area contributed by atoms with Gasteiger partial charge in [0.05, 0.1) is 23.1 Å². The highest BCUT2D eigenvalue weighted by Crippen LogP contribution is 2.29. The number of amides is 1. The number of piperidine rings is 1. The van der Waals surface area contributed by atoms with E-state index in [0.717, 1.165) is 49.7 Å². The van der Waals surface area contributed by atoms with Crippen molar-refractivity contribution >= 4 is 5.91 Å². The molecule has 2 aromatic heterocycles. The van der Waals surface area contributed by atoms with Crippen LogP contribution in [0, 0.1) is 6.92 Å². The number of aromatic nitrogens is 4. The van der Waals surface area contributed by atoms with E-state index in [0.29, 0.717) is 17.4 Å². The van der Waals surface area contributed by atoms with E-state index in [2.05, 4.69) is 54.0 Å². The summed E-state index contributed by atoms with van der Waals surface area (Å²) in [5, 5.41) is 4.48. The van der Waals surface area contributed by atoms with Gasteiger partial charge < -0.3 is 9.47 Å². The van der Waals surface area contributed by atoms with E-state index in [4.69, 9.17) is 4.98 Å². The SMILES string of the molecule is Cc1c(C(=O)N2CCC(c3nccn3Cc3ccc(C(C)C)cc3)CC2)cnn1-c1ccccc1. The molecule has 5 rings (SSSR count). The molecule has 1 saturated heterocycles. The van der Waals surface area contributed by atoms with Gasteiger partial charge in [-0.2, -0.15) is 5.10 Å². The van der Waals surface area contributed by atoms with Crippen LogP contribution in [0.3, 0.4) is 0 Å². The molecule has 0 unspecified atom stereocenters. The Balaban J connectivity index is 1.23. The van der Waals surface area contributed by atoms with E-state index in [1.54, 1.807) is 6.20 Å². The van der Waals surface area contributed by atoms with Crippen molar-refractivity contribution in [1.29, 1.82) is 0 Å². The van der Waals surface area contributed by atoms with Crippen LogP contribution in [0.4, 0.5) is 0 Å². The number of hydrogen-bond donors (Lipinski definition) is 0. The molecule has 1 aliphatic heterocycles. The third-order valence-electron chi connectivity index (χ3n) is 7.14. The summed E-state index contributed by atoms with van der Waals surface area (Å²) in [4.78, 5) is 20.0. The van der Waals surface area contributed by atoms with E-state index >= 15 is 0 Å². The molecule has 0 bridgehead atoms. The lowest BCUT2D eigenvalue weighted by molar-refractivity contribution is 0.0709. The van der Waals surface area contributed by atoms with Crippen LogP contribution in [0.15, 0.2) is 73.2 Å². The number of carbonyl (C=O) groups excluding carboxylic acids is 1. The average molecular weight is 468 g/mol. The molecule has 2 aromatic carbocycles. The highest BCUT2D eigenvalue weighted by atomic mass is 16.2. The second kappa shape index (κ2) is 9.90. The standard InChI is InChI=1S/C29H33N5O/c1-21(2)24-11-9-23(10-12-24)20-33-18-15-30-28(33)25-13-16-32(17-14-25)29(35)27-19-31-34(22(27)3)26-7-5-4-6-8-26/h4-12,15,18-19,21,25H,13-14,16-17,20H2,1-3H3. The van der Waals surface area contributed by atoms with Crippen molar-refractivity contribution in [3.05, 3.63) is 101 Å². The number of imidazole rings is 1. The molecular formula is C29H33N5O. The molecule has 1 fully saturated rings. The second-order valence-electron chi connectivity index (χ2n) is 9.77. The van der Waals surface area contributed by atoms with Gasteiger partial charge in [-0.1, -0.05) is 56.3 Å². The van der Waals surface area contributed by atoms with Crippen LogP contribution in [0.2, 0.25) is 0 Å². The summed E-state index contributed by atoms with van der Waals surface area (Å²) < 4.78 is 4.10. The van der Waals surface area contributed by atoms with Crippen molar-refractivity contribution < 1.29 is 4.79 Å². The minimum atomic E-state index is 0.0664. The van der Waals surface area contributed by atoms with E-state index in [-0.39, 0.29) is 5.91 Å². The molecular weight excluding hydrogens is 434 g/mol. The molecule has 0 spiro atoms. The van der Waals surface area contributed by atoms with E-state index in [1.807, 2.05) is 53.0 Å². The Labute approximate surface area is 207 Å². The first-order valence-electron chi connectivity index (χ1n) is 12.5. The maximum absolute atomic E-state index is 13.3. The Morgan fingerprint density at radius 3 is 2.43 bits per heavy atom. The maximum Gasteiger partial charge on any atom is 0.257 e. The number of nitrogens with zero attached hydrogens (tertiary/aromatic N) is 5. The van der Waals surface area contributed by atoms with Crippen molar-refractivity contribution in [3.8, 4) is 5.69 Å². The van der Waals surface area contributed by atoms with E-state index in [1.165, 1.54) is 11.1 Å². The van der Waals surface area contributed by atoms with Gasteiger partial charge in [-0.15, -0.1) is 0 Å². The van der Waals surface area contributed by atoms with Crippen LogP contribution in [-0.2, 0) is 6.54 Å². The summed E-state index contributed by atoms with van der Waals surface area (Å²) in [5.74, 6) is 2.09. The third-order valence-corrected chi connectivity index (χ3v) is 7.14. The first-order chi connectivity index (χ1) is 17.0. The van der Waals surface area contributed by atoms with E-state index in [9.17, 15) is 4.79 Å². The van der Waals surface area contributed by atoms with Crippen molar-refractivity contribution in [3.63, 3.8) is 0 Å². The number of carbonyl (C=O) groups is 1. The zero-order valence-corrected chi connectivity index (χ0v) is 20.8. The zero-order chi connectivity index (χ0) is 24.4. The lowest BCUT2D eigenvalue weighted by Gasteiger charge is -2.32. The van der Waals surface area contributed by atoms with Gasteiger partial charge in [0.25, 0.3) is 5.91 Å². The lowest BCUT2D eigenvalue weighted by Crippen LogP contribution is -2.38. The molecule has 4 aromatic rings. The predicted molar refractivity (Wildman–Crippen MR) is 138 cm³/mol. The van der Waals surface area contributed by atoms with Gasteiger partial charge in [-0.3, -0.25) is 4.79 Å². The second-order valence-corrected chi connectivity index (χ2v) is 9.77. The van der Waals surface area contributed by atoms with Crippen molar-refractivity contribution in [2.75, 3.05) is 13.1 Å². The number of likely N-dealkylation sites (tertiary alicyclic amines) is 1. The Hall–Kier alpha value is -3.67. The molecule has 0 saturated carbocycles. The minimum Gasteiger partial charge on any atom is -0.338 e. The molecule has 0 atom stereocenters. The van der Waals surface area contributed by atoms with Gasteiger partial charge in [-0.25, -0.2) is 9.67 Å². The fourth-order valence-corrected chi connectivity index (χ4v) is 4.98. The fourth-order valence-electron chi connectivity index (χ4n) is 4.98. The summed E-state index contributed by atoms with van der Waals surface area (Å²) in [6.07, 6.45) is 7.51. The molecule has 3 heterocycles. The van der Waals surface area contributed by atoms with Gasteiger partial charge in [0.15, 0.2) is 0 Å². The molecule has 1 amide bonds. The number of benzene rings is 2. The van der Waals surface area contributed by atoms with Crippen LogP contribution in [0.25, 0.3) is 5.69 Å². The Bertz CT molecular complexity index is 1280. The highest BCUT2D eigenvalue weighted by molar-refractivity contribution is 5.95. The van der Waals surface area contributed by atoms with Crippen molar-refractivity contribution in [2.45, 2.75) is 52.0 Å². The Kier molecular flexibility index (Phi) is 6.53. The lowest BCUT2D eigenvalue weighted by atomic mass is 9.95. The van der Waals surface area contributed by atoms with Crippen molar-refractivity contribution in [1.82, 2.24) is 24.2 Å². The zero-order valence-electron chi connectivity index (χ0n) is 20.8. The van der Waals surface area contributed by atoms with Gasteiger partial charge in [0.1, 0.15) is 5.82 Å². The molecule has 6 heteroatoms. The monoisotopic (exact) mass is 467 g/mol. The van der Waals surface area contributed by atoms with Crippen LogP contribution in [0.1, 0.15) is 71.5 Å². The summed E-state index contributed by atoms with van der Waals surface area (Å²) in [6.45, 7) is 8.69. The van der Waals surface area contributed by atoms with Crippen LogP contribution < -0.4 is 0 Å². The largest absolute Gasteiger partial charge is 0.338 e. The quantitative estimate of drug-likeness (QED) is 0.373. The minimum absolute atomic E-state index is 0.0664. The van der Waals surface area contributed by atoms with Gasteiger partial charge in [0, 0.05) is 37.9 Å². The first-order valence-corrected chi connectivity index (χ1v) is 12.5. The van der Waals surface area contributed by atoms with Gasteiger partial charge in [-0.05, 0) is 48.9 Å². The predicted octanol–water partition coefficient (Wildman–Crippen LogP) is 5.57. The topological polar surface area (TPSA) is 56.0 Å². The fraction of sp³-hybridized carbons (Fsp3) is 0.345. The molecule has 0 aliphatic carbocycles.